The van der Waals surface area contributed by atoms with Crippen LogP contribution < -0.4 is 4.90 Å². The molecule has 3 heteroatoms. The van der Waals surface area contributed by atoms with Gasteiger partial charge in [-0.25, -0.2) is 0 Å². The van der Waals surface area contributed by atoms with Gasteiger partial charge in [0.15, 0.2) is 0 Å². The third-order valence-electron chi connectivity index (χ3n) is 3.11. The predicted octanol–water partition coefficient (Wildman–Crippen LogP) is 3.07. The second kappa shape index (κ2) is 4.46. The first kappa shape index (κ1) is 11.5. The number of hydrogen-bond donors (Lipinski definition) is 0. The molecule has 1 heterocycles. The van der Waals surface area contributed by atoms with Gasteiger partial charge in [0.05, 0.1) is 0 Å². The van der Waals surface area contributed by atoms with E-state index >= 15 is 0 Å². The maximum Gasteiger partial charge on any atom is 0.131 e. The highest BCUT2D eigenvalue weighted by molar-refractivity contribution is 6.30. The quantitative estimate of drug-likeness (QED) is 0.805. The number of carbonyl (C=O) groups is 1. The van der Waals surface area contributed by atoms with Crippen molar-refractivity contribution < 1.29 is 4.79 Å². The number of ketones is 1. The van der Waals surface area contributed by atoms with Gasteiger partial charge in [-0.15, -0.1) is 0 Å². The van der Waals surface area contributed by atoms with Gasteiger partial charge in [0, 0.05) is 29.7 Å². The lowest BCUT2D eigenvalue weighted by atomic mass is 10.1. The Morgan fingerprint density at radius 1 is 1.56 bits per heavy atom. The van der Waals surface area contributed by atoms with E-state index in [0.717, 1.165) is 18.0 Å². The van der Waals surface area contributed by atoms with Gasteiger partial charge in [0.25, 0.3) is 0 Å². The fraction of sp³-hybridized carbons (Fsp3) is 0.462. The fourth-order valence-electron chi connectivity index (χ4n) is 2.50. The van der Waals surface area contributed by atoms with Crippen LogP contribution in [0.5, 0.6) is 0 Å². The van der Waals surface area contributed by atoms with Crippen molar-refractivity contribution in [1.29, 1.82) is 0 Å². The molecule has 0 saturated carbocycles. The first-order chi connectivity index (χ1) is 7.61. The SMILES string of the molecule is CCN1c2ccc(Cl)cc2CC1CC(C)=O. The topological polar surface area (TPSA) is 20.3 Å². The van der Waals surface area contributed by atoms with Gasteiger partial charge in [-0.3, -0.25) is 4.79 Å². The zero-order valence-electron chi connectivity index (χ0n) is 9.66. The Bertz CT molecular complexity index is 416. The lowest BCUT2D eigenvalue weighted by Crippen LogP contribution is -2.33. The number of halogens is 1. The number of benzene rings is 1. The highest BCUT2D eigenvalue weighted by atomic mass is 35.5. The second-order valence-electron chi connectivity index (χ2n) is 4.32. The van der Waals surface area contributed by atoms with Crippen molar-refractivity contribution in [2.45, 2.75) is 32.7 Å². The summed E-state index contributed by atoms with van der Waals surface area (Å²) in [4.78, 5) is 13.5. The number of hydrogen-bond acceptors (Lipinski definition) is 2. The number of rotatable bonds is 3. The van der Waals surface area contributed by atoms with Crippen molar-refractivity contribution in [3.63, 3.8) is 0 Å². The summed E-state index contributed by atoms with van der Waals surface area (Å²) < 4.78 is 0. The molecule has 1 atom stereocenters. The summed E-state index contributed by atoms with van der Waals surface area (Å²) >= 11 is 5.98. The number of fused-ring (bicyclic) bond motifs is 1. The summed E-state index contributed by atoms with van der Waals surface area (Å²) in [6.07, 6.45) is 1.56. The monoisotopic (exact) mass is 237 g/mol. The standard InChI is InChI=1S/C13H16ClNO/c1-3-15-12(6-9(2)16)8-10-7-11(14)4-5-13(10)15/h4-5,7,12H,3,6,8H2,1-2H3. The van der Waals surface area contributed by atoms with Crippen LogP contribution in [0.25, 0.3) is 0 Å². The average molecular weight is 238 g/mol. The number of carbonyl (C=O) groups excluding carboxylic acids is 1. The van der Waals surface area contributed by atoms with Crippen LogP contribution in [-0.2, 0) is 11.2 Å². The van der Waals surface area contributed by atoms with Crippen LogP contribution in [-0.4, -0.2) is 18.4 Å². The fourth-order valence-corrected chi connectivity index (χ4v) is 2.70. The molecule has 1 unspecified atom stereocenters. The second-order valence-corrected chi connectivity index (χ2v) is 4.76. The molecule has 86 valence electrons. The van der Waals surface area contributed by atoms with Crippen LogP contribution in [0.2, 0.25) is 5.02 Å². The molecule has 0 bridgehead atoms. The van der Waals surface area contributed by atoms with Gasteiger partial charge in [0.1, 0.15) is 5.78 Å². The molecule has 16 heavy (non-hydrogen) atoms. The Morgan fingerprint density at radius 3 is 2.94 bits per heavy atom. The average Bonchev–Trinajstić information content (AvgIpc) is 2.52. The highest BCUT2D eigenvalue weighted by Crippen LogP contribution is 2.34. The summed E-state index contributed by atoms with van der Waals surface area (Å²) in [6, 6.07) is 6.30. The van der Waals surface area contributed by atoms with Crippen molar-refractivity contribution in [1.82, 2.24) is 0 Å². The third-order valence-corrected chi connectivity index (χ3v) is 3.35. The molecule has 0 fully saturated rings. The Balaban J connectivity index is 2.28. The minimum Gasteiger partial charge on any atom is -0.368 e. The van der Waals surface area contributed by atoms with Gasteiger partial charge in [-0.05, 0) is 44.0 Å². The largest absolute Gasteiger partial charge is 0.368 e. The van der Waals surface area contributed by atoms with E-state index < -0.39 is 0 Å². The van der Waals surface area contributed by atoms with E-state index in [1.807, 2.05) is 12.1 Å². The van der Waals surface area contributed by atoms with Gasteiger partial charge >= 0.3 is 0 Å². The smallest absolute Gasteiger partial charge is 0.131 e. The van der Waals surface area contributed by atoms with Gasteiger partial charge in [-0.2, -0.15) is 0 Å². The maximum absolute atomic E-state index is 11.2. The van der Waals surface area contributed by atoms with Gasteiger partial charge in [0.2, 0.25) is 0 Å². The zero-order chi connectivity index (χ0) is 11.7. The minimum atomic E-state index is 0.252. The van der Waals surface area contributed by atoms with E-state index in [2.05, 4.69) is 17.9 Å². The number of anilines is 1. The molecular weight excluding hydrogens is 222 g/mol. The number of likely N-dealkylation sites (N-methyl/N-ethyl adjacent to an activating group) is 1. The van der Waals surface area contributed by atoms with Gasteiger partial charge in [-0.1, -0.05) is 11.6 Å². The molecule has 0 amide bonds. The molecule has 1 aliphatic rings. The summed E-state index contributed by atoms with van der Waals surface area (Å²) in [5.74, 6) is 0.252. The Labute approximate surface area is 101 Å². The maximum atomic E-state index is 11.2. The molecule has 2 rings (SSSR count). The van der Waals surface area contributed by atoms with E-state index in [-0.39, 0.29) is 5.78 Å². The van der Waals surface area contributed by atoms with Crippen molar-refractivity contribution in [3.05, 3.63) is 28.8 Å². The van der Waals surface area contributed by atoms with Crippen LogP contribution in [0, 0.1) is 0 Å². The van der Waals surface area contributed by atoms with E-state index in [0.29, 0.717) is 12.5 Å². The zero-order valence-corrected chi connectivity index (χ0v) is 10.4. The molecule has 1 aliphatic heterocycles. The van der Waals surface area contributed by atoms with Crippen LogP contribution in [0.3, 0.4) is 0 Å². The molecule has 1 aromatic rings. The van der Waals surface area contributed by atoms with E-state index in [4.69, 9.17) is 11.6 Å². The van der Waals surface area contributed by atoms with Crippen LogP contribution >= 0.6 is 11.6 Å². The number of nitrogens with zero attached hydrogens (tertiary/aromatic N) is 1. The minimum absolute atomic E-state index is 0.252. The van der Waals surface area contributed by atoms with Crippen molar-refractivity contribution >= 4 is 23.1 Å². The van der Waals surface area contributed by atoms with Crippen molar-refractivity contribution in [2.75, 3.05) is 11.4 Å². The van der Waals surface area contributed by atoms with Crippen LogP contribution in [0.1, 0.15) is 25.8 Å². The molecule has 0 N–H and O–H groups in total. The molecular formula is C13H16ClNO. The first-order valence-electron chi connectivity index (χ1n) is 5.66. The van der Waals surface area contributed by atoms with Crippen LogP contribution in [0.15, 0.2) is 18.2 Å². The molecule has 2 nitrogen and oxygen atoms in total. The van der Waals surface area contributed by atoms with Crippen LogP contribution in [0.4, 0.5) is 5.69 Å². The Hall–Kier alpha value is -1.02. The molecule has 0 aliphatic carbocycles. The normalized spacial score (nSPS) is 18.7. The number of Topliss-reactive ketones (excluding diaryl/α,β-unsaturated/α-hetero) is 1. The van der Waals surface area contributed by atoms with Crippen molar-refractivity contribution in [2.24, 2.45) is 0 Å². The predicted molar refractivity (Wildman–Crippen MR) is 67.3 cm³/mol. The van der Waals surface area contributed by atoms with E-state index in [1.165, 1.54) is 11.3 Å². The van der Waals surface area contributed by atoms with E-state index in [9.17, 15) is 4.79 Å². The molecule has 0 radical (unpaired) electrons. The summed E-state index contributed by atoms with van der Waals surface area (Å²) in [5.41, 5.74) is 2.50. The molecule has 1 aromatic carbocycles. The summed E-state index contributed by atoms with van der Waals surface area (Å²) in [5, 5.41) is 0.776. The first-order valence-corrected chi connectivity index (χ1v) is 6.04. The lowest BCUT2D eigenvalue weighted by Gasteiger charge is -2.25. The Morgan fingerprint density at radius 2 is 2.31 bits per heavy atom. The third kappa shape index (κ3) is 2.07. The molecule has 0 spiro atoms. The Kier molecular flexibility index (Phi) is 3.20. The highest BCUT2D eigenvalue weighted by Gasteiger charge is 2.28. The lowest BCUT2D eigenvalue weighted by molar-refractivity contribution is -0.117. The summed E-state index contributed by atoms with van der Waals surface area (Å²) in [6.45, 7) is 4.72. The van der Waals surface area contributed by atoms with Gasteiger partial charge < -0.3 is 4.90 Å². The summed E-state index contributed by atoms with van der Waals surface area (Å²) in [7, 11) is 0. The molecule has 0 aromatic heterocycles. The van der Waals surface area contributed by atoms with E-state index in [1.54, 1.807) is 6.92 Å². The van der Waals surface area contributed by atoms with Crippen molar-refractivity contribution in [3.8, 4) is 0 Å². The molecule has 0 saturated heterocycles.